The second kappa shape index (κ2) is 5.63. The lowest BCUT2D eigenvalue weighted by molar-refractivity contribution is 0.132. The molecule has 5 heteroatoms. The molecule has 88 valence electrons. The van der Waals surface area contributed by atoms with Gasteiger partial charge in [-0.25, -0.2) is 0 Å². The van der Waals surface area contributed by atoms with Crippen LogP contribution < -0.4 is 0 Å². The molecule has 0 atom stereocenters. The zero-order chi connectivity index (χ0) is 12.1. The van der Waals surface area contributed by atoms with Crippen molar-refractivity contribution in [3.05, 3.63) is 52.3 Å². The lowest BCUT2D eigenvalue weighted by Crippen LogP contribution is -1.91. The number of oxime groups is 1. The van der Waals surface area contributed by atoms with Gasteiger partial charge >= 0.3 is 0 Å². The maximum absolute atomic E-state index is 5.19. The van der Waals surface area contributed by atoms with Gasteiger partial charge in [-0.3, -0.25) is 4.68 Å². The van der Waals surface area contributed by atoms with Crippen molar-refractivity contribution in [1.29, 1.82) is 0 Å². The highest BCUT2D eigenvalue weighted by Crippen LogP contribution is 2.11. The Morgan fingerprint density at radius 1 is 1.41 bits per heavy atom. The molecular weight excluding hydrogens is 282 g/mol. The molecule has 0 radical (unpaired) electrons. The van der Waals surface area contributed by atoms with E-state index in [1.807, 2.05) is 43.6 Å². The number of aryl methyl sites for hydroxylation is 1. The maximum atomic E-state index is 5.19. The van der Waals surface area contributed by atoms with Crippen LogP contribution >= 0.6 is 15.9 Å². The molecule has 0 aliphatic carbocycles. The minimum absolute atomic E-state index is 0.460. The first kappa shape index (κ1) is 11.9. The molecule has 0 aliphatic heterocycles. The van der Waals surface area contributed by atoms with Crippen molar-refractivity contribution >= 4 is 22.1 Å². The smallest absolute Gasteiger partial charge is 0.142 e. The summed E-state index contributed by atoms with van der Waals surface area (Å²) >= 11 is 3.38. The van der Waals surface area contributed by atoms with E-state index in [9.17, 15) is 0 Å². The monoisotopic (exact) mass is 293 g/mol. The van der Waals surface area contributed by atoms with E-state index in [0.717, 1.165) is 15.7 Å². The number of hydrogen-bond donors (Lipinski definition) is 0. The van der Waals surface area contributed by atoms with Crippen molar-refractivity contribution < 1.29 is 4.84 Å². The standard InChI is InChI=1S/C12H12BrN3O/c1-16-8-11(13)12(15-16)7-14-17-9-10-5-3-2-4-6-10/h2-8H,9H2,1H3. The van der Waals surface area contributed by atoms with Gasteiger partial charge in [0.2, 0.25) is 0 Å². The zero-order valence-electron chi connectivity index (χ0n) is 9.38. The van der Waals surface area contributed by atoms with Gasteiger partial charge in [0.25, 0.3) is 0 Å². The average molecular weight is 294 g/mol. The van der Waals surface area contributed by atoms with Gasteiger partial charge in [0.15, 0.2) is 0 Å². The van der Waals surface area contributed by atoms with E-state index < -0.39 is 0 Å². The molecule has 1 aromatic heterocycles. The van der Waals surface area contributed by atoms with Crippen molar-refractivity contribution in [3.63, 3.8) is 0 Å². The van der Waals surface area contributed by atoms with Crippen molar-refractivity contribution in [1.82, 2.24) is 9.78 Å². The molecule has 0 saturated carbocycles. The van der Waals surface area contributed by atoms with Gasteiger partial charge < -0.3 is 4.84 Å². The van der Waals surface area contributed by atoms with Gasteiger partial charge in [0, 0.05) is 13.2 Å². The second-order valence-electron chi connectivity index (χ2n) is 3.53. The first-order valence-electron chi connectivity index (χ1n) is 5.14. The van der Waals surface area contributed by atoms with E-state index in [1.165, 1.54) is 0 Å². The summed E-state index contributed by atoms with van der Waals surface area (Å²) in [7, 11) is 1.85. The van der Waals surface area contributed by atoms with E-state index in [1.54, 1.807) is 10.9 Å². The Morgan fingerprint density at radius 2 is 2.18 bits per heavy atom. The molecule has 0 bridgehead atoms. The number of aromatic nitrogens is 2. The molecule has 4 nitrogen and oxygen atoms in total. The lowest BCUT2D eigenvalue weighted by atomic mass is 10.2. The Balaban J connectivity index is 1.88. The average Bonchev–Trinajstić information content (AvgIpc) is 2.65. The van der Waals surface area contributed by atoms with Gasteiger partial charge in [-0.1, -0.05) is 35.5 Å². The molecule has 0 fully saturated rings. The minimum Gasteiger partial charge on any atom is -0.391 e. The molecule has 0 unspecified atom stereocenters. The van der Waals surface area contributed by atoms with Crippen LogP contribution in [0, 0.1) is 0 Å². The molecule has 0 N–H and O–H groups in total. The summed E-state index contributed by atoms with van der Waals surface area (Å²) in [6.45, 7) is 0.460. The molecule has 0 spiro atoms. The van der Waals surface area contributed by atoms with Crippen LogP contribution in [0.15, 0.2) is 46.2 Å². The van der Waals surface area contributed by atoms with Crippen molar-refractivity contribution in [3.8, 4) is 0 Å². The number of hydrogen-bond acceptors (Lipinski definition) is 3. The van der Waals surface area contributed by atoms with E-state index in [0.29, 0.717) is 6.61 Å². The quantitative estimate of drug-likeness (QED) is 0.642. The Hall–Kier alpha value is -1.62. The third-order valence-corrected chi connectivity index (χ3v) is 2.74. The van der Waals surface area contributed by atoms with E-state index in [-0.39, 0.29) is 0 Å². The predicted molar refractivity (Wildman–Crippen MR) is 69.7 cm³/mol. The van der Waals surface area contributed by atoms with E-state index in [4.69, 9.17) is 4.84 Å². The fourth-order valence-electron chi connectivity index (χ4n) is 1.34. The van der Waals surface area contributed by atoms with Crippen LogP contribution in [0.2, 0.25) is 0 Å². The van der Waals surface area contributed by atoms with Gasteiger partial charge in [-0.2, -0.15) is 5.10 Å². The third-order valence-electron chi connectivity index (χ3n) is 2.13. The van der Waals surface area contributed by atoms with Crippen LogP contribution in [0.5, 0.6) is 0 Å². The van der Waals surface area contributed by atoms with Gasteiger partial charge in [0.1, 0.15) is 12.3 Å². The Labute approximate surface area is 108 Å². The Bertz CT molecular complexity index is 508. The molecule has 0 aliphatic rings. The van der Waals surface area contributed by atoms with Crippen LogP contribution in [0.3, 0.4) is 0 Å². The third kappa shape index (κ3) is 3.42. The summed E-state index contributed by atoms with van der Waals surface area (Å²) in [4.78, 5) is 5.19. The summed E-state index contributed by atoms with van der Waals surface area (Å²) in [5, 5.41) is 8.08. The SMILES string of the molecule is Cn1cc(Br)c(C=NOCc2ccccc2)n1. The summed E-state index contributed by atoms with van der Waals surface area (Å²) in [5.41, 5.74) is 1.84. The number of rotatable bonds is 4. The highest BCUT2D eigenvalue weighted by Gasteiger charge is 2.00. The topological polar surface area (TPSA) is 39.4 Å². The Morgan fingerprint density at radius 3 is 2.82 bits per heavy atom. The number of benzene rings is 1. The van der Waals surface area contributed by atoms with Crippen LogP contribution in [0.4, 0.5) is 0 Å². The zero-order valence-corrected chi connectivity index (χ0v) is 11.0. The van der Waals surface area contributed by atoms with E-state index >= 15 is 0 Å². The van der Waals surface area contributed by atoms with Crippen molar-refractivity contribution in [2.45, 2.75) is 6.61 Å². The summed E-state index contributed by atoms with van der Waals surface area (Å²) < 4.78 is 2.61. The molecule has 2 aromatic rings. The molecule has 1 aromatic carbocycles. The highest BCUT2D eigenvalue weighted by atomic mass is 79.9. The molecule has 2 rings (SSSR count). The summed E-state index contributed by atoms with van der Waals surface area (Å²) in [6, 6.07) is 9.89. The molecule has 1 heterocycles. The highest BCUT2D eigenvalue weighted by molar-refractivity contribution is 9.10. The van der Waals surface area contributed by atoms with Gasteiger partial charge in [-0.05, 0) is 21.5 Å². The predicted octanol–water partition coefficient (Wildman–Crippen LogP) is 2.73. The normalized spacial score (nSPS) is 10.9. The molecular formula is C12H12BrN3O. The summed E-state index contributed by atoms with van der Waals surface area (Å²) in [6.07, 6.45) is 3.45. The fourth-order valence-corrected chi connectivity index (χ4v) is 1.82. The second-order valence-corrected chi connectivity index (χ2v) is 4.38. The van der Waals surface area contributed by atoms with E-state index in [2.05, 4.69) is 26.2 Å². The minimum atomic E-state index is 0.460. The number of halogens is 1. The van der Waals surface area contributed by atoms with Crippen molar-refractivity contribution in [2.24, 2.45) is 12.2 Å². The first-order chi connectivity index (χ1) is 8.25. The molecule has 0 amide bonds. The molecule has 17 heavy (non-hydrogen) atoms. The van der Waals surface area contributed by atoms with Crippen LogP contribution in [-0.4, -0.2) is 16.0 Å². The Kier molecular flexibility index (Phi) is 3.93. The van der Waals surface area contributed by atoms with Crippen LogP contribution in [0.1, 0.15) is 11.3 Å². The van der Waals surface area contributed by atoms with Gasteiger partial charge in [-0.15, -0.1) is 0 Å². The molecule has 0 saturated heterocycles. The fraction of sp³-hybridized carbons (Fsp3) is 0.167. The largest absolute Gasteiger partial charge is 0.391 e. The number of nitrogens with zero attached hydrogens (tertiary/aromatic N) is 3. The first-order valence-corrected chi connectivity index (χ1v) is 5.93. The summed E-state index contributed by atoms with van der Waals surface area (Å²) in [5.74, 6) is 0. The van der Waals surface area contributed by atoms with Crippen LogP contribution in [-0.2, 0) is 18.5 Å². The lowest BCUT2D eigenvalue weighted by Gasteiger charge is -1.97. The van der Waals surface area contributed by atoms with Gasteiger partial charge in [0.05, 0.1) is 10.7 Å². The van der Waals surface area contributed by atoms with Crippen molar-refractivity contribution in [2.75, 3.05) is 0 Å². The maximum Gasteiger partial charge on any atom is 0.142 e. The van der Waals surface area contributed by atoms with Crippen LogP contribution in [0.25, 0.3) is 0 Å².